The maximum absolute atomic E-state index is 13.1. The van der Waals surface area contributed by atoms with E-state index in [1.807, 2.05) is 0 Å². The van der Waals surface area contributed by atoms with Crippen molar-refractivity contribution in [2.24, 2.45) is 0 Å². The average molecular weight is 427 g/mol. The van der Waals surface area contributed by atoms with Crippen LogP contribution in [0.1, 0.15) is 41.0 Å². The molecule has 0 bridgehead atoms. The van der Waals surface area contributed by atoms with E-state index in [1.54, 1.807) is 30.2 Å². The van der Waals surface area contributed by atoms with E-state index in [0.29, 0.717) is 35.2 Å². The van der Waals surface area contributed by atoms with Gasteiger partial charge in [0.05, 0.1) is 20.3 Å². The number of aromatic nitrogens is 2. The molecule has 2 heterocycles. The van der Waals surface area contributed by atoms with E-state index in [-0.39, 0.29) is 30.3 Å². The third-order valence-electron chi connectivity index (χ3n) is 5.10. The van der Waals surface area contributed by atoms with Crippen LogP contribution >= 0.6 is 0 Å². The van der Waals surface area contributed by atoms with Crippen LogP contribution in [0.5, 0.6) is 17.2 Å². The second kappa shape index (κ2) is 9.03. The van der Waals surface area contributed by atoms with Crippen LogP contribution < -0.4 is 14.2 Å². The molecule has 8 nitrogen and oxygen atoms in total. The van der Waals surface area contributed by atoms with Crippen molar-refractivity contribution in [3.8, 4) is 17.2 Å². The summed E-state index contributed by atoms with van der Waals surface area (Å²) in [6, 6.07) is 10.4. The fraction of sp³-hybridized carbons (Fsp3) is 0.318. The Morgan fingerprint density at radius 2 is 1.94 bits per heavy atom. The number of halogens is 1. The number of methoxy groups -OCH3 is 2. The van der Waals surface area contributed by atoms with Crippen LogP contribution in [0.4, 0.5) is 4.39 Å². The number of likely N-dealkylation sites (tertiary alicyclic amines) is 1. The van der Waals surface area contributed by atoms with Gasteiger partial charge in [-0.3, -0.25) is 4.79 Å². The zero-order chi connectivity index (χ0) is 21.8. The lowest BCUT2D eigenvalue weighted by molar-refractivity contribution is 0.0728. The molecule has 162 valence electrons. The minimum Gasteiger partial charge on any atom is -0.493 e. The van der Waals surface area contributed by atoms with Crippen LogP contribution in [-0.4, -0.2) is 41.7 Å². The summed E-state index contributed by atoms with van der Waals surface area (Å²) in [4.78, 5) is 19.3. The number of carbonyl (C=O) groups excluding carboxylic acids is 1. The van der Waals surface area contributed by atoms with Gasteiger partial charge in [0.15, 0.2) is 23.9 Å². The predicted octanol–water partition coefficient (Wildman–Crippen LogP) is 3.78. The highest BCUT2D eigenvalue weighted by Gasteiger charge is 2.34. The molecule has 3 aromatic rings. The quantitative estimate of drug-likeness (QED) is 0.567. The van der Waals surface area contributed by atoms with Gasteiger partial charge in [-0.05, 0) is 55.3 Å². The molecule has 1 amide bonds. The van der Waals surface area contributed by atoms with Gasteiger partial charge in [-0.2, -0.15) is 4.98 Å². The van der Waals surface area contributed by atoms with E-state index in [9.17, 15) is 9.18 Å². The first kappa shape index (κ1) is 20.6. The van der Waals surface area contributed by atoms with E-state index in [1.165, 1.54) is 31.4 Å². The molecule has 0 radical (unpaired) electrons. The predicted molar refractivity (Wildman–Crippen MR) is 108 cm³/mol. The molecule has 1 aromatic heterocycles. The van der Waals surface area contributed by atoms with Gasteiger partial charge in [0, 0.05) is 12.1 Å². The Morgan fingerprint density at radius 1 is 1.16 bits per heavy atom. The van der Waals surface area contributed by atoms with E-state index < -0.39 is 0 Å². The fourth-order valence-corrected chi connectivity index (χ4v) is 3.55. The molecule has 0 spiro atoms. The largest absolute Gasteiger partial charge is 0.493 e. The van der Waals surface area contributed by atoms with E-state index in [2.05, 4.69) is 10.1 Å². The molecular weight excluding hydrogens is 405 g/mol. The van der Waals surface area contributed by atoms with Crippen molar-refractivity contribution in [2.75, 3.05) is 20.8 Å². The Labute approximate surface area is 178 Å². The van der Waals surface area contributed by atoms with Gasteiger partial charge in [-0.1, -0.05) is 5.16 Å². The molecule has 1 fully saturated rings. The summed E-state index contributed by atoms with van der Waals surface area (Å²) >= 11 is 0. The summed E-state index contributed by atoms with van der Waals surface area (Å²) in [5.41, 5.74) is 0.493. The molecular formula is C22H22FN3O5. The standard InChI is InChI=1S/C22H22FN3O5/c1-28-18-10-5-14(12-19(18)29-2)22(27)26-11-3-4-17(26)21-24-20(31-25-21)13-30-16-8-6-15(23)7-9-16/h5-10,12,17H,3-4,11,13H2,1-2H3. The highest BCUT2D eigenvalue weighted by Crippen LogP contribution is 2.34. The van der Waals surface area contributed by atoms with Crippen molar-refractivity contribution in [1.29, 1.82) is 0 Å². The fourth-order valence-electron chi connectivity index (χ4n) is 3.55. The third-order valence-corrected chi connectivity index (χ3v) is 5.10. The van der Waals surface area contributed by atoms with Crippen molar-refractivity contribution in [3.05, 3.63) is 65.6 Å². The summed E-state index contributed by atoms with van der Waals surface area (Å²) in [5, 5.41) is 4.05. The number of nitrogens with zero attached hydrogens (tertiary/aromatic N) is 3. The number of benzene rings is 2. The number of carbonyl (C=O) groups is 1. The minimum atomic E-state index is -0.340. The Balaban J connectivity index is 1.46. The topological polar surface area (TPSA) is 86.9 Å². The third kappa shape index (κ3) is 4.45. The first-order valence-corrected chi connectivity index (χ1v) is 9.83. The van der Waals surface area contributed by atoms with Crippen molar-refractivity contribution in [3.63, 3.8) is 0 Å². The number of rotatable bonds is 7. The molecule has 4 rings (SSSR count). The molecule has 1 atom stereocenters. The van der Waals surface area contributed by atoms with Gasteiger partial charge < -0.3 is 23.6 Å². The Bertz CT molecular complexity index is 1050. The number of amides is 1. The van der Waals surface area contributed by atoms with Gasteiger partial charge in [0.25, 0.3) is 11.8 Å². The van der Waals surface area contributed by atoms with Gasteiger partial charge in [-0.25, -0.2) is 4.39 Å². The second-order valence-electron chi connectivity index (χ2n) is 7.02. The smallest absolute Gasteiger partial charge is 0.264 e. The lowest BCUT2D eigenvalue weighted by Crippen LogP contribution is -2.31. The van der Waals surface area contributed by atoms with E-state index in [4.69, 9.17) is 18.7 Å². The van der Waals surface area contributed by atoms with Crippen LogP contribution in [0.3, 0.4) is 0 Å². The lowest BCUT2D eigenvalue weighted by Gasteiger charge is -2.22. The number of hydrogen-bond donors (Lipinski definition) is 0. The summed E-state index contributed by atoms with van der Waals surface area (Å²) in [6.45, 7) is 0.642. The van der Waals surface area contributed by atoms with Gasteiger partial charge in [-0.15, -0.1) is 0 Å². The summed E-state index contributed by atoms with van der Waals surface area (Å²) in [5.74, 6) is 1.77. The van der Waals surface area contributed by atoms with Crippen LogP contribution in [0, 0.1) is 5.82 Å². The molecule has 0 saturated carbocycles. The molecule has 0 aliphatic carbocycles. The van der Waals surface area contributed by atoms with Crippen LogP contribution in [0.15, 0.2) is 47.0 Å². The first-order chi connectivity index (χ1) is 15.1. The van der Waals surface area contributed by atoms with Crippen LogP contribution in [0.2, 0.25) is 0 Å². The monoisotopic (exact) mass is 427 g/mol. The van der Waals surface area contributed by atoms with E-state index in [0.717, 1.165) is 12.8 Å². The molecule has 1 saturated heterocycles. The summed E-state index contributed by atoms with van der Waals surface area (Å²) in [7, 11) is 3.07. The molecule has 1 unspecified atom stereocenters. The minimum absolute atomic E-state index is 0.0506. The highest BCUT2D eigenvalue weighted by atomic mass is 19.1. The maximum atomic E-state index is 13.1. The summed E-state index contributed by atoms with van der Waals surface area (Å²) < 4.78 is 34.4. The SMILES string of the molecule is COc1ccc(C(=O)N2CCCC2c2noc(COc3ccc(F)cc3)n2)cc1OC. The Kier molecular flexibility index (Phi) is 6.01. The second-order valence-corrected chi connectivity index (χ2v) is 7.02. The van der Waals surface area contributed by atoms with Crippen molar-refractivity contribution in [2.45, 2.75) is 25.5 Å². The molecule has 31 heavy (non-hydrogen) atoms. The Hall–Kier alpha value is -3.62. The average Bonchev–Trinajstić information content (AvgIpc) is 3.47. The molecule has 1 aliphatic rings. The van der Waals surface area contributed by atoms with Gasteiger partial charge >= 0.3 is 0 Å². The molecule has 9 heteroatoms. The van der Waals surface area contributed by atoms with Crippen LogP contribution in [-0.2, 0) is 6.61 Å². The number of hydrogen-bond acceptors (Lipinski definition) is 7. The normalized spacial score (nSPS) is 15.7. The summed E-state index contributed by atoms with van der Waals surface area (Å²) in [6.07, 6.45) is 1.57. The lowest BCUT2D eigenvalue weighted by atomic mass is 10.1. The van der Waals surface area contributed by atoms with Gasteiger partial charge in [0.1, 0.15) is 11.6 Å². The number of ether oxygens (including phenoxy) is 3. The Morgan fingerprint density at radius 3 is 2.68 bits per heavy atom. The van der Waals surface area contributed by atoms with Crippen LogP contribution in [0.25, 0.3) is 0 Å². The molecule has 2 aromatic carbocycles. The molecule has 1 aliphatic heterocycles. The van der Waals surface area contributed by atoms with Crippen molar-refractivity contribution in [1.82, 2.24) is 15.0 Å². The van der Waals surface area contributed by atoms with Crippen molar-refractivity contribution >= 4 is 5.91 Å². The zero-order valence-corrected chi connectivity index (χ0v) is 17.2. The molecule has 0 N–H and O–H groups in total. The van der Waals surface area contributed by atoms with Crippen molar-refractivity contribution < 1.29 is 27.9 Å². The van der Waals surface area contributed by atoms with E-state index >= 15 is 0 Å². The maximum Gasteiger partial charge on any atom is 0.264 e. The first-order valence-electron chi connectivity index (χ1n) is 9.83. The zero-order valence-electron chi connectivity index (χ0n) is 17.2. The van der Waals surface area contributed by atoms with Gasteiger partial charge in [0.2, 0.25) is 0 Å². The highest BCUT2D eigenvalue weighted by molar-refractivity contribution is 5.95.